The van der Waals surface area contributed by atoms with Gasteiger partial charge in [-0.05, 0) is 81.5 Å². The van der Waals surface area contributed by atoms with Crippen molar-refractivity contribution in [1.82, 2.24) is 8.87 Å². The molecule has 1 fully saturated rings. The van der Waals surface area contributed by atoms with Crippen LogP contribution < -0.4 is 0 Å². The molecule has 0 radical (unpaired) electrons. The summed E-state index contributed by atoms with van der Waals surface area (Å²) < 4.78 is 74.4. The lowest BCUT2D eigenvalue weighted by Crippen LogP contribution is -2.33. The summed E-state index contributed by atoms with van der Waals surface area (Å²) in [4.78, 5) is 13.4. The van der Waals surface area contributed by atoms with Crippen LogP contribution in [0.1, 0.15) is 39.2 Å². The van der Waals surface area contributed by atoms with Gasteiger partial charge in [0, 0.05) is 18.8 Å². The van der Waals surface area contributed by atoms with Crippen molar-refractivity contribution >= 4 is 26.0 Å². The molecule has 4 rings (SSSR count). The Balaban J connectivity index is 1.76. The van der Waals surface area contributed by atoms with Crippen LogP contribution in [0.4, 0.5) is 9.18 Å². The SMILES string of the molecule is CN(Cc1cc(-c2ccccc2F)n(S(=O)(=O)c2cccc(S(=O)(=O)CC3CC3)c2)c1)C(=O)OC(C)(C)C. The van der Waals surface area contributed by atoms with Gasteiger partial charge in [-0.2, -0.15) is 0 Å². The van der Waals surface area contributed by atoms with Gasteiger partial charge in [0.15, 0.2) is 9.84 Å². The summed E-state index contributed by atoms with van der Waals surface area (Å²) in [6, 6.07) is 12.5. The Morgan fingerprint density at radius 3 is 2.32 bits per heavy atom. The molecule has 1 aliphatic rings. The van der Waals surface area contributed by atoms with Gasteiger partial charge in [0.05, 0.1) is 27.8 Å². The van der Waals surface area contributed by atoms with Gasteiger partial charge >= 0.3 is 6.09 Å². The summed E-state index contributed by atoms with van der Waals surface area (Å²) in [7, 11) is -6.49. The summed E-state index contributed by atoms with van der Waals surface area (Å²) >= 11 is 0. The van der Waals surface area contributed by atoms with Crippen LogP contribution in [-0.2, 0) is 31.1 Å². The highest BCUT2D eigenvalue weighted by atomic mass is 32.2. The second kappa shape index (κ2) is 10.2. The molecule has 38 heavy (non-hydrogen) atoms. The Morgan fingerprint density at radius 1 is 1.03 bits per heavy atom. The maximum atomic E-state index is 14.8. The van der Waals surface area contributed by atoms with Gasteiger partial charge in [0.1, 0.15) is 11.4 Å². The monoisotopic (exact) mass is 562 g/mol. The molecular weight excluding hydrogens is 531 g/mol. The van der Waals surface area contributed by atoms with Crippen molar-refractivity contribution in [1.29, 1.82) is 0 Å². The third-order valence-corrected chi connectivity index (χ3v) is 9.54. The number of hydrogen-bond acceptors (Lipinski definition) is 6. The van der Waals surface area contributed by atoms with Crippen LogP contribution in [0.3, 0.4) is 0 Å². The zero-order valence-electron chi connectivity index (χ0n) is 21.7. The van der Waals surface area contributed by atoms with Gasteiger partial charge < -0.3 is 9.64 Å². The molecule has 3 aromatic rings. The Labute approximate surface area is 223 Å². The number of sulfone groups is 1. The minimum atomic E-state index is -4.34. The number of carbonyl (C=O) groups excluding carboxylic acids is 1. The highest BCUT2D eigenvalue weighted by molar-refractivity contribution is 7.91. The first-order chi connectivity index (χ1) is 17.7. The Kier molecular flexibility index (Phi) is 7.46. The van der Waals surface area contributed by atoms with Gasteiger partial charge in [0.25, 0.3) is 10.0 Å². The normalized spacial score (nSPS) is 14.3. The van der Waals surface area contributed by atoms with Crippen molar-refractivity contribution in [2.24, 2.45) is 5.92 Å². The number of rotatable bonds is 8. The Morgan fingerprint density at radius 2 is 1.68 bits per heavy atom. The zero-order valence-corrected chi connectivity index (χ0v) is 23.4. The maximum Gasteiger partial charge on any atom is 0.410 e. The summed E-state index contributed by atoms with van der Waals surface area (Å²) in [5.74, 6) is -0.557. The first kappa shape index (κ1) is 27.8. The van der Waals surface area contributed by atoms with Gasteiger partial charge in [0.2, 0.25) is 0 Å². The van der Waals surface area contributed by atoms with Crippen molar-refractivity contribution in [2.75, 3.05) is 12.8 Å². The number of halogens is 1. The van der Waals surface area contributed by atoms with Crippen molar-refractivity contribution in [2.45, 2.75) is 55.5 Å². The Bertz CT molecular complexity index is 1570. The number of hydrogen-bond donors (Lipinski definition) is 0. The second-order valence-electron chi connectivity index (χ2n) is 10.6. The number of aromatic nitrogens is 1. The fourth-order valence-electron chi connectivity index (χ4n) is 3.96. The first-order valence-corrected chi connectivity index (χ1v) is 15.3. The fraction of sp³-hybridized carbons (Fsp3) is 0.370. The molecule has 0 N–H and O–H groups in total. The summed E-state index contributed by atoms with van der Waals surface area (Å²) in [5.41, 5.74) is -0.219. The van der Waals surface area contributed by atoms with E-state index in [-0.39, 0.29) is 39.3 Å². The molecule has 0 bridgehead atoms. The molecule has 8 nitrogen and oxygen atoms in total. The van der Waals surface area contributed by atoms with Crippen LogP contribution in [0.2, 0.25) is 0 Å². The molecule has 1 aromatic heterocycles. The smallest absolute Gasteiger partial charge is 0.410 e. The Hall–Kier alpha value is -3.18. The molecule has 2 aromatic carbocycles. The molecule has 0 saturated heterocycles. The van der Waals surface area contributed by atoms with Crippen molar-refractivity contribution in [3.8, 4) is 11.3 Å². The zero-order chi connectivity index (χ0) is 27.9. The fourth-order valence-corrected chi connectivity index (χ4v) is 7.21. The average molecular weight is 563 g/mol. The predicted octanol–water partition coefficient (Wildman–Crippen LogP) is 5.08. The largest absolute Gasteiger partial charge is 0.444 e. The number of amides is 1. The van der Waals surface area contributed by atoms with E-state index in [4.69, 9.17) is 4.74 Å². The van der Waals surface area contributed by atoms with Crippen molar-refractivity contribution in [3.05, 3.63) is 72.2 Å². The lowest BCUT2D eigenvalue weighted by molar-refractivity contribution is 0.0285. The van der Waals surface area contributed by atoms with E-state index in [9.17, 15) is 26.0 Å². The number of carbonyl (C=O) groups is 1. The quantitative estimate of drug-likeness (QED) is 0.379. The summed E-state index contributed by atoms with van der Waals surface area (Å²) in [5, 5.41) is 0. The number of ether oxygens (including phenoxy) is 1. The van der Waals surface area contributed by atoms with E-state index in [2.05, 4.69) is 0 Å². The van der Waals surface area contributed by atoms with Gasteiger partial charge in [-0.3, -0.25) is 0 Å². The van der Waals surface area contributed by atoms with Gasteiger partial charge in [-0.15, -0.1) is 0 Å². The van der Waals surface area contributed by atoms with E-state index in [0.29, 0.717) is 5.56 Å². The number of nitrogens with zero attached hydrogens (tertiary/aromatic N) is 2. The molecule has 0 unspecified atom stereocenters. The highest BCUT2D eigenvalue weighted by Gasteiger charge is 2.31. The van der Waals surface area contributed by atoms with Crippen LogP contribution in [0.25, 0.3) is 11.3 Å². The molecule has 11 heteroatoms. The van der Waals surface area contributed by atoms with Crippen molar-refractivity contribution in [3.63, 3.8) is 0 Å². The standard InChI is InChI=1S/C27H31FN2O6S2/c1-27(2,3)36-26(31)29(4)16-20-14-25(23-10-5-6-11-24(23)28)30(17-20)38(34,35)22-9-7-8-21(15-22)37(32,33)18-19-12-13-19/h5-11,14-15,17,19H,12-13,16,18H2,1-4H3. The lowest BCUT2D eigenvalue weighted by Gasteiger charge is -2.24. The molecule has 1 heterocycles. The topological polar surface area (TPSA) is 103 Å². The highest BCUT2D eigenvalue weighted by Crippen LogP contribution is 2.34. The molecule has 1 saturated carbocycles. The molecule has 1 aliphatic carbocycles. The molecule has 1 amide bonds. The predicted molar refractivity (Wildman–Crippen MR) is 141 cm³/mol. The van der Waals surface area contributed by atoms with Crippen LogP contribution in [0.15, 0.2) is 70.6 Å². The van der Waals surface area contributed by atoms with E-state index in [1.165, 1.54) is 60.6 Å². The summed E-state index contributed by atoms with van der Waals surface area (Å²) in [6.45, 7) is 5.19. The molecule has 204 valence electrons. The number of benzene rings is 2. The third-order valence-electron chi connectivity index (χ3n) is 5.99. The molecule has 0 aliphatic heterocycles. The average Bonchev–Trinajstić information content (AvgIpc) is 3.53. The molecule has 0 atom stereocenters. The van der Waals surface area contributed by atoms with E-state index in [1.807, 2.05) is 0 Å². The van der Waals surface area contributed by atoms with Crippen LogP contribution in [0.5, 0.6) is 0 Å². The van der Waals surface area contributed by atoms with E-state index >= 15 is 0 Å². The van der Waals surface area contributed by atoms with E-state index in [0.717, 1.165) is 22.9 Å². The van der Waals surface area contributed by atoms with E-state index < -0.39 is 37.4 Å². The van der Waals surface area contributed by atoms with Crippen molar-refractivity contribution < 1.29 is 30.8 Å². The molecular formula is C27H31FN2O6S2. The second-order valence-corrected chi connectivity index (χ2v) is 14.4. The minimum absolute atomic E-state index is 0.00526. The van der Waals surface area contributed by atoms with Crippen LogP contribution >= 0.6 is 0 Å². The minimum Gasteiger partial charge on any atom is -0.444 e. The van der Waals surface area contributed by atoms with Gasteiger partial charge in [-0.1, -0.05) is 18.2 Å². The molecule has 0 spiro atoms. The lowest BCUT2D eigenvalue weighted by atomic mass is 10.1. The summed E-state index contributed by atoms with van der Waals surface area (Å²) in [6.07, 6.45) is 2.39. The maximum absolute atomic E-state index is 14.8. The van der Waals surface area contributed by atoms with E-state index in [1.54, 1.807) is 26.8 Å². The van der Waals surface area contributed by atoms with Gasteiger partial charge in [-0.25, -0.2) is 30.0 Å². The third kappa shape index (κ3) is 6.27. The van der Waals surface area contributed by atoms with Crippen LogP contribution in [0, 0.1) is 11.7 Å². The van der Waals surface area contributed by atoms with Crippen LogP contribution in [-0.4, -0.2) is 50.2 Å². The first-order valence-electron chi connectivity index (χ1n) is 12.2.